The Labute approximate surface area is 140 Å². The second-order valence-electron chi connectivity index (χ2n) is 6.51. The Morgan fingerprint density at radius 1 is 1.38 bits per heavy atom. The molecule has 0 radical (unpaired) electrons. The van der Waals surface area contributed by atoms with Gasteiger partial charge in [-0.1, -0.05) is 12.8 Å². The summed E-state index contributed by atoms with van der Waals surface area (Å²) in [5, 5.41) is 13.4. The van der Waals surface area contributed by atoms with Gasteiger partial charge in [0, 0.05) is 6.54 Å². The number of amides is 1. The van der Waals surface area contributed by atoms with Crippen molar-refractivity contribution in [2.45, 2.75) is 58.2 Å². The van der Waals surface area contributed by atoms with Crippen molar-refractivity contribution in [2.24, 2.45) is 0 Å². The van der Waals surface area contributed by atoms with Crippen LogP contribution >= 0.6 is 0 Å². The predicted octanol–water partition coefficient (Wildman–Crippen LogP) is 0.902. The van der Waals surface area contributed by atoms with Crippen molar-refractivity contribution in [3.05, 3.63) is 27.2 Å². The van der Waals surface area contributed by atoms with Crippen LogP contribution in [0.25, 0.3) is 0 Å². The van der Waals surface area contributed by atoms with E-state index in [0.29, 0.717) is 24.4 Å². The summed E-state index contributed by atoms with van der Waals surface area (Å²) in [6.45, 7) is 4.39. The van der Waals surface area contributed by atoms with E-state index < -0.39 is 5.56 Å². The second-order valence-corrected chi connectivity index (χ2v) is 6.51. The van der Waals surface area contributed by atoms with Crippen LogP contribution in [0.2, 0.25) is 0 Å². The highest BCUT2D eigenvalue weighted by atomic mass is 16.5. The lowest BCUT2D eigenvalue weighted by atomic mass is 9.90. The minimum atomic E-state index is -0.498. The van der Waals surface area contributed by atoms with E-state index in [1.165, 1.54) is 0 Å². The lowest BCUT2D eigenvalue weighted by Gasteiger charge is -2.43. The van der Waals surface area contributed by atoms with Gasteiger partial charge in [0.1, 0.15) is 18.2 Å². The van der Waals surface area contributed by atoms with E-state index in [1.807, 2.05) is 11.0 Å². The number of hydrogen-bond acceptors (Lipinski definition) is 5. The van der Waals surface area contributed by atoms with E-state index in [-0.39, 0.29) is 30.2 Å². The van der Waals surface area contributed by atoms with Gasteiger partial charge in [0.2, 0.25) is 5.91 Å². The zero-order valence-corrected chi connectivity index (χ0v) is 14.1. The minimum absolute atomic E-state index is 0.0628. The molecule has 0 spiro atoms. The molecule has 2 heterocycles. The number of hydrogen-bond donors (Lipinski definition) is 0. The molecule has 1 aromatic rings. The number of ether oxygens (including phenoxy) is 1. The van der Waals surface area contributed by atoms with Crippen LogP contribution in [0.3, 0.4) is 0 Å². The molecule has 1 saturated carbocycles. The SMILES string of the molecule is Cc1nn(CC(=O)N2CCOC3CCCCC32)c(=O)c(C#N)c1C. The van der Waals surface area contributed by atoms with Gasteiger partial charge in [-0.2, -0.15) is 10.4 Å². The molecular weight excluding hydrogens is 308 g/mol. The fourth-order valence-electron chi connectivity index (χ4n) is 3.64. The summed E-state index contributed by atoms with van der Waals surface area (Å²) in [7, 11) is 0. The molecule has 2 aliphatic rings. The highest BCUT2D eigenvalue weighted by molar-refractivity contribution is 5.76. The fourth-order valence-corrected chi connectivity index (χ4v) is 3.64. The number of aryl methyl sites for hydroxylation is 1. The highest BCUT2D eigenvalue weighted by Crippen LogP contribution is 2.28. The maximum atomic E-state index is 12.8. The third-order valence-corrected chi connectivity index (χ3v) is 5.09. The van der Waals surface area contributed by atoms with Crippen molar-refractivity contribution in [1.29, 1.82) is 5.26 Å². The molecule has 1 aliphatic carbocycles. The smallest absolute Gasteiger partial charge is 0.285 e. The molecule has 0 aromatic carbocycles. The molecule has 1 amide bonds. The zero-order chi connectivity index (χ0) is 17.3. The molecule has 1 aromatic heterocycles. The van der Waals surface area contributed by atoms with E-state index in [4.69, 9.17) is 4.74 Å². The summed E-state index contributed by atoms with van der Waals surface area (Å²) in [6, 6.07) is 2.02. The Balaban J connectivity index is 1.84. The Hall–Kier alpha value is -2.20. The summed E-state index contributed by atoms with van der Waals surface area (Å²) in [4.78, 5) is 27.0. The summed E-state index contributed by atoms with van der Waals surface area (Å²) in [5.74, 6) is -0.128. The van der Waals surface area contributed by atoms with E-state index in [9.17, 15) is 14.9 Å². The number of nitrogens with zero attached hydrogens (tertiary/aromatic N) is 4. The average molecular weight is 330 g/mol. The lowest BCUT2D eigenvalue weighted by Crippen LogP contribution is -2.56. The van der Waals surface area contributed by atoms with Crippen LogP contribution in [0.4, 0.5) is 0 Å². The van der Waals surface area contributed by atoms with Crippen LogP contribution in [-0.2, 0) is 16.1 Å². The largest absolute Gasteiger partial charge is 0.374 e. The molecule has 1 saturated heterocycles. The second kappa shape index (κ2) is 6.73. The summed E-state index contributed by atoms with van der Waals surface area (Å²) in [6.07, 6.45) is 4.25. The van der Waals surface area contributed by atoms with Crippen LogP contribution in [0.1, 0.15) is 42.5 Å². The van der Waals surface area contributed by atoms with Gasteiger partial charge in [-0.15, -0.1) is 0 Å². The van der Waals surface area contributed by atoms with Crippen molar-refractivity contribution >= 4 is 5.91 Å². The Morgan fingerprint density at radius 3 is 2.88 bits per heavy atom. The first-order valence-corrected chi connectivity index (χ1v) is 8.42. The standard InChI is InChI=1S/C17H22N4O3/c1-11-12(2)19-21(17(23)13(11)9-18)10-16(22)20-7-8-24-15-6-4-3-5-14(15)20/h14-15H,3-8,10H2,1-2H3. The molecular formula is C17H22N4O3. The van der Waals surface area contributed by atoms with Crippen molar-refractivity contribution in [3.8, 4) is 6.07 Å². The Bertz CT molecular complexity index is 747. The average Bonchev–Trinajstić information content (AvgIpc) is 2.59. The van der Waals surface area contributed by atoms with Gasteiger partial charge in [-0.05, 0) is 32.3 Å². The van der Waals surface area contributed by atoms with Gasteiger partial charge in [-0.3, -0.25) is 9.59 Å². The minimum Gasteiger partial charge on any atom is -0.374 e. The van der Waals surface area contributed by atoms with Gasteiger partial charge in [0.25, 0.3) is 5.56 Å². The van der Waals surface area contributed by atoms with Gasteiger partial charge < -0.3 is 9.64 Å². The molecule has 7 nitrogen and oxygen atoms in total. The quantitative estimate of drug-likeness (QED) is 0.804. The van der Waals surface area contributed by atoms with Crippen molar-refractivity contribution in [2.75, 3.05) is 13.2 Å². The van der Waals surface area contributed by atoms with Gasteiger partial charge in [0.15, 0.2) is 0 Å². The lowest BCUT2D eigenvalue weighted by molar-refractivity contribution is -0.150. The Morgan fingerprint density at radius 2 is 2.12 bits per heavy atom. The van der Waals surface area contributed by atoms with E-state index in [2.05, 4.69) is 5.10 Å². The number of fused-ring (bicyclic) bond motifs is 1. The number of aromatic nitrogens is 2. The molecule has 0 bridgehead atoms. The van der Waals surface area contributed by atoms with Crippen LogP contribution in [0, 0.1) is 25.2 Å². The highest BCUT2D eigenvalue weighted by Gasteiger charge is 2.36. The summed E-state index contributed by atoms with van der Waals surface area (Å²) in [5.41, 5.74) is 0.733. The maximum absolute atomic E-state index is 12.8. The zero-order valence-electron chi connectivity index (χ0n) is 14.1. The van der Waals surface area contributed by atoms with Crippen LogP contribution in [0.15, 0.2) is 4.79 Å². The van der Waals surface area contributed by atoms with Crippen molar-refractivity contribution < 1.29 is 9.53 Å². The van der Waals surface area contributed by atoms with Crippen LogP contribution in [-0.4, -0.2) is 45.9 Å². The number of carbonyl (C=O) groups is 1. The number of carbonyl (C=O) groups excluding carboxylic acids is 1. The number of rotatable bonds is 2. The molecule has 0 N–H and O–H groups in total. The first-order valence-electron chi connectivity index (χ1n) is 8.42. The molecule has 2 fully saturated rings. The maximum Gasteiger partial charge on any atom is 0.285 e. The van der Waals surface area contributed by atoms with Crippen LogP contribution < -0.4 is 5.56 Å². The van der Waals surface area contributed by atoms with Gasteiger partial charge in [0.05, 0.1) is 24.4 Å². The normalized spacial score (nSPS) is 23.5. The van der Waals surface area contributed by atoms with Crippen molar-refractivity contribution in [3.63, 3.8) is 0 Å². The molecule has 7 heteroatoms. The number of morpholine rings is 1. The number of nitriles is 1. The molecule has 3 rings (SSSR count). The molecule has 1 aliphatic heterocycles. The first kappa shape index (κ1) is 16.7. The molecule has 128 valence electrons. The summed E-state index contributed by atoms with van der Waals surface area (Å²) < 4.78 is 6.91. The van der Waals surface area contributed by atoms with E-state index in [1.54, 1.807) is 13.8 Å². The Kier molecular flexibility index (Phi) is 4.67. The molecule has 2 atom stereocenters. The third kappa shape index (κ3) is 2.94. The van der Waals surface area contributed by atoms with E-state index in [0.717, 1.165) is 30.4 Å². The summed E-state index contributed by atoms with van der Waals surface area (Å²) >= 11 is 0. The fraction of sp³-hybridized carbons (Fsp3) is 0.647. The third-order valence-electron chi connectivity index (χ3n) is 5.09. The van der Waals surface area contributed by atoms with Crippen molar-refractivity contribution in [1.82, 2.24) is 14.7 Å². The van der Waals surface area contributed by atoms with Gasteiger partial charge >= 0.3 is 0 Å². The molecule has 2 unspecified atom stereocenters. The monoisotopic (exact) mass is 330 g/mol. The first-order chi connectivity index (χ1) is 11.5. The predicted molar refractivity (Wildman–Crippen MR) is 86.4 cm³/mol. The topological polar surface area (TPSA) is 88.2 Å². The van der Waals surface area contributed by atoms with Gasteiger partial charge in [-0.25, -0.2) is 4.68 Å². The molecule has 24 heavy (non-hydrogen) atoms. The van der Waals surface area contributed by atoms with E-state index >= 15 is 0 Å². The van der Waals surface area contributed by atoms with Crippen LogP contribution in [0.5, 0.6) is 0 Å².